The Hall–Kier alpha value is -3.84. The number of fused-ring (bicyclic) bond motifs is 2. The Morgan fingerprint density at radius 2 is 1.45 bits per heavy atom. The third kappa shape index (κ3) is 3.49. The average Bonchev–Trinajstić information content (AvgIpc) is 3.32. The van der Waals surface area contributed by atoms with E-state index in [2.05, 4.69) is 10.3 Å². The Bertz CT molecular complexity index is 1280. The number of carbonyl (C=O) groups is 3. The van der Waals surface area contributed by atoms with Crippen molar-refractivity contribution in [3.63, 3.8) is 0 Å². The Balaban J connectivity index is 1.31. The van der Waals surface area contributed by atoms with Gasteiger partial charge in [-0.25, -0.2) is 4.98 Å². The molecule has 152 valence electrons. The van der Waals surface area contributed by atoms with Crippen LogP contribution in [0.4, 0.5) is 5.69 Å². The zero-order valence-electron chi connectivity index (χ0n) is 16.4. The predicted molar refractivity (Wildman–Crippen MR) is 120 cm³/mol. The van der Waals surface area contributed by atoms with Gasteiger partial charge in [0.1, 0.15) is 5.01 Å². The number of hydrogen-bond donors (Lipinski definition) is 1. The zero-order chi connectivity index (χ0) is 21.4. The van der Waals surface area contributed by atoms with Crippen molar-refractivity contribution < 1.29 is 14.4 Å². The molecule has 0 saturated heterocycles. The van der Waals surface area contributed by atoms with Crippen molar-refractivity contribution in [2.24, 2.45) is 0 Å². The van der Waals surface area contributed by atoms with E-state index in [4.69, 9.17) is 0 Å². The summed E-state index contributed by atoms with van der Waals surface area (Å²) in [6.07, 6.45) is 0.0135. The summed E-state index contributed by atoms with van der Waals surface area (Å²) < 4.78 is 1.07. The van der Waals surface area contributed by atoms with Crippen molar-refractivity contribution >= 4 is 45.0 Å². The van der Waals surface area contributed by atoms with Gasteiger partial charge in [0, 0.05) is 18.5 Å². The maximum atomic E-state index is 12.6. The van der Waals surface area contributed by atoms with Gasteiger partial charge in [0.05, 0.1) is 27.0 Å². The summed E-state index contributed by atoms with van der Waals surface area (Å²) in [6, 6.07) is 22.1. The highest BCUT2D eigenvalue weighted by Gasteiger charge is 2.35. The van der Waals surface area contributed by atoms with Crippen LogP contribution in [0.5, 0.6) is 0 Å². The van der Waals surface area contributed by atoms with Crippen LogP contribution in [-0.4, -0.2) is 34.2 Å². The monoisotopic (exact) mass is 427 g/mol. The molecule has 2 heterocycles. The van der Waals surface area contributed by atoms with Gasteiger partial charge in [-0.1, -0.05) is 36.4 Å². The van der Waals surface area contributed by atoms with Crippen LogP contribution in [0, 0.1) is 0 Å². The first-order valence-corrected chi connectivity index (χ1v) is 10.6. The van der Waals surface area contributed by atoms with Gasteiger partial charge in [-0.2, -0.15) is 0 Å². The maximum absolute atomic E-state index is 12.6. The number of thiazole rings is 1. The first-order valence-electron chi connectivity index (χ1n) is 9.82. The number of benzene rings is 3. The van der Waals surface area contributed by atoms with Gasteiger partial charge in [0.2, 0.25) is 5.91 Å². The van der Waals surface area contributed by atoms with Crippen molar-refractivity contribution in [3.05, 3.63) is 83.9 Å². The number of nitrogens with zero attached hydrogens (tertiary/aromatic N) is 2. The van der Waals surface area contributed by atoms with Crippen molar-refractivity contribution in [2.45, 2.75) is 6.42 Å². The lowest BCUT2D eigenvalue weighted by Crippen LogP contribution is -2.32. The average molecular weight is 427 g/mol. The van der Waals surface area contributed by atoms with E-state index in [-0.39, 0.29) is 30.7 Å². The molecular formula is C24H17N3O3S. The molecule has 4 aromatic rings. The van der Waals surface area contributed by atoms with Crippen LogP contribution in [-0.2, 0) is 4.79 Å². The topological polar surface area (TPSA) is 79.4 Å². The van der Waals surface area contributed by atoms with E-state index in [0.717, 1.165) is 25.7 Å². The SMILES string of the molecule is O=C(CCN1C(=O)c2ccccc2C1=O)Nc1ccccc1-c1nc2ccccc2s1. The van der Waals surface area contributed by atoms with Crippen LogP contribution < -0.4 is 5.32 Å². The summed E-state index contributed by atoms with van der Waals surface area (Å²) in [7, 11) is 0. The van der Waals surface area contributed by atoms with E-state index < -0.39 is 0 Å². The quantitative estimate of drug-likeness (QED) is 0.473. The van der Waals surface area contributed by atoms with E-state index in [0.29, 0.717) is 16.8 Å². The molecule has 3 aromatic carbocycles. The Kier molecular flexibility index (Phi) is 4.80. The maximum Gasteiger partial charge on any atom is 0.261 e. The number of nitrogens with one attached hydrogen (secondary N) is 1. The molecule has 1 N–H and O–H groups in total. The number of carbonyl (C=O) groups excluding carboxylic acids is 3. The lowest BCUT2D eigenvalue weighted by molar-refractivity contribution is -0.116. The predicted octanol–water partition coefficient (Wildman–Crippen LogP) is 4.59. The van der Waals surface area contributed by atoms with E-state index in [1.54, 1.807) is 35.6 Å². The molecule has 1 aliphatic rings. The molecule has 7 heteroatoms. The lowest BCUT2D eigenvalue weighted by Gasteiger charge is -2.14. The molecule has 0 saturated carbocycles. The first-order chi connectivity index (χ1) is 15.1. The van der Waals surface area contributed by atoms with Crippen LogP contribution in [0.2, 0.25) is 0 Å². The molecule has 0 spiro atoms. The second-order valence-electron chi connectivity index (χ2n) is 7.14. The fourth-order valence-corrected chi connectivity index (χ4v) is 4.64. The summed E-state index contributed by atoms with van der Waals surface area (Å²) in [5.41, 5.74) is 3.16. The lowest BCUT2D eigenvalue weighted by atomic mass is 10.1. The largest absolute Gasteiger partial charge is 0.325 e. The first kappa shape index (κ1) is 19.1. The number of rotatable bonds is 5. The van der Waals surface area contributed by atoms with Gasteiger partial charge < -0.3 is 5.32 Å². The van der Waals surface area contributed by atoms with Crippen molar-refractivity contribution in [3.8, 4) is 10.6 Å². The highest BCUT2D eigenvalue weighted by Crippen LogP contribution is 2.34. The van der Waals surface area contributed by atoms with Gasteiger partial charge in [-0.05, 0) is 36.4 Å². The van der Waals surface area contributed by atoms with Crippen LogP contribution >= 0.6 is 11.3 Å². The molecule has 0 radical (unpaired) electrons. The Morgan fingerprint density at radius 3 is 2.16 bits per heavy atom. The molecule has 3 amide bonds. The van der Waals surface area contributed by atoms with Crippen LogP contribution in [0.25, 0.3) is 20.8 Å². The Morgan fingerprint density at radius 1 is 0.839 bits per heavy atom. The van der Waals surface area contributed by atoms with Crippen molar-refractivity contribution in [1.29, 1.82) is 0 Å². The molecular weight excluding hydrogens is 410 g/mol. The molecule has 0 aliphatic carbocycles. The molecule has 0 atom stereocenters. The third-order valence-corrected chi connectivity index (χ3v) is 6.24. The van der Waals surface area contributed by atoms with Crippen molar-refractivity contribution in [2.75, 3.05) is 11.9 Å². The van der Waals surface area contributed by atoms with E-state index in [1.807, 2.05) is 48.5 Å². The summed E-state index contributed by atoms with van der Waals surface area (Å²) in [4.78, 5) is 43.4. The van der Waals surface area contributed by atoms with Crippen molar-refractivity contribution in [1.82, 2.24) is 9.88 Å². The molecule has 1 aromatic heterocycles. The molecule has 6 nitrogen and oxygen atoms in total. The number of amides is 3. The van der Waals surface area contributed by atoms with Crippen LogP contribution in [0.15, 0.2) is 72.8 Å². The fourth-order valence-electron chi connectivity index (χ4n) is 3.63. The van der Waals surface area contributed by atoms with Crippen LogP contribution in [0.3, 0.4) is 0 Å². The normalized spacial score (nSPS) is 13.0. The summed E-state index contributed by atoms with van der Waals surface area (Å²) in [6.45, 7) is 0.0293. The summed E-state index contributed by atoms with van der Waals surface area (Å²) in [5.74, 6) is -0.989. The van der Waals surface area contributed by atoms with E-state index in [1.165, 1.54) is 0 Å². The molecule has 0 fully saturated rings. The van der Waals surface area contributed by atoms with Gasteiger partial charge in [-0.3, -0.25) is 19.3 Å². The molecule has 5 rings (SSSR count). The standard InChI is InChI=1S/C24H17N3O3S/c28-21(13-14-27-23(29)15-7-1-2-8-16(15)24(27)30)25-18-10-4-3-9-17(18)22-26-19-11-5-6-12-20(19)31-22/h1-12H,13-14H2,(H,25,28). The van der Waals surface area contributed by atoms with Crippen LogP contribution in [0.1, 0.15) is 27.1 Å². The zero-order valence-corrected chi connectivity index (χ0v) is 17.2. The number of anilines is 1. The number of para-hydroxylation sites is 2. The highest BCUT2D eigenvalue weighted by atomic mass is 32.1. The number of aromatic nitrogens is 1. The van der Waals surface area contributed by atoms with E-state index >= 15 is 0 Å². The molecule has 0 bridgehead atoms. The second-order valence-corrected chi connectivity index (χ2v) is 8.17. The third-order valence-electron chi connectivity index (χ3n) is 5.17. The van der Waals surface area contributed by atoms with E-state index in [9.17, 15) is 14.4 Å². The van der Waals surface area contributed by atoms with Gasteiger partial charge >= 0.3 is 0 Å². The summed E-state index contributed by atoms with van der Waals surface area (Å²) >= 11 is 1.56. The Labute approximate surface area is 182 Å². The second kappa shape index (κ2) is 7.77. The fraction of sp³-hybridized carbons (Fsp3) is 0.0833. The van der Waals surface area contributed by atoms with Gasteiger partial charge in [0.15, 0.2) is 0 Å². The smallest absolute Gasteiger partial charge is 0.261 e. The minimum absolute atomic E-state index is 0.0135. The molecule has 31 heavy (non-hydrogen) atoms. The highest BCUT2D eigenvalue weighted by molar-refractivity contribution is 7.21. The minimum Gasteiger partial charge on any atom is -0.325 e. The number of hydrogen-bond acceptors (Lipinski definition) is 5. The molecule has 1 aliphatic heterocycles. The molecule has 0 unspecified atom stereocenters. The number of imide groups is 1. The summed E-state index contributed by atoms with van der Waals surface area (Å²) in [5, 5.41) is 3.72. The van der Waals surface area contributed by atoms with Gasteiger partial charge in [0.25, 0.3) is 11.8 Å². The van der Waals surface area contributed by atoms with Gasteiger partial charge in [-0.15, -0.1) is 11.3 Å². The minimum atomic E-state index is -0.358.